The van der Waals surface area contributed by atoms with Gasteiger partial charge in [-0.3, -0.25) is 4.79 Å². The Labute approximate surface area is 109 Å². The predicted molar refractivity (Wildman–Crippen MR) is 74.4 cm³/mol. The Morgan fingerprint density at radius 1 is 1.39 bits per heavy atom. The molecule has 18 heavy (non-hydrogen) atoms. The van der Waals surface area contributed by atoms with Crippen LogP contribution < -0.4 is 11.1 Å². The summed E-state index contributed by atoms with van der Waals surface area (Å²) in [6.07, 6.45) is 3.17. The molecule has 1 aromatic rings. The predicted octanol–water partition coefficient (Wildman–Crippen LogP) is 2.62. The Bertz CT molecular complexity index is 442. The van der Waals surface area contributed by atoms with Crippen LogP contribution in [0.2, 0.25) is 0 Å². The summed E-state index contributed by atoms with van der Waals surface area (Å²) in [5.41, 5.74) is 8.98. The molecular weight excluding hydrogens is 224 g/mol. The van der Waals surface area contributed by atoms with E-state index < -0.39 is 0 Å². The van der Waals surface area contributed by atoms with Gasteiger partial charge in [0.2, 0.25) is 5.91 Å². The molecule has 0 aromatic heterocycles. The average molecular weight is 246 g/mol. The summed E-state index contributed by atoms with van der Waals surface area (Å²) in [6.45, 7) is 4.70. The van der Waals surface area contributed by atoms with E-state index in [-0.39, 0.29) is 11.8 Å². The van der Waals surface area contributed by atoms with Crippen molar-refractivity contribution in [3.8, 4) is 0 Å². The highest BCUT2D eigenvalue weighted by molar-refractivity contribution is 5.93. The van der Waals surface area contributed by atoms with Crippen LogP contribution in [0.3, 0.4) is 0 Å². The van der Waals surface area contributed by atoms with E-state index in [1.165, 1.54) is 5.56 Å². The highest BCUT2D eigenvalue weighted by Crippen LogP contribution is 2.32. The fourth-order valence-corrected chi connectivity index (χ4v) is 2.84. The van der Waals surface area contributed by atoms with Crippen molar-refractivity contribution >= 4 is 11.6 Å². The van der Waals surface area contributed by atoms with E-state index in [1.807, 2.05) is 19.1 Å². The first-order chi connectivity index (χ1) is 8.61. The molecule has 1 aliphatic carbocycles. The number of anilines is 1. The number of benzene rings is 1. The molecule has 2 rings (SSSR count). The Morgan fingerprint density at radius 3 is 2.83 bits per heavy atom. The maximum absolute atomic E-state index is 12.3. The molecule has 0 unspecified atom stereocenters. The summed E-state index contributed by atoms with van der Waals surface area (Å²) in [6, 6.07) is 6.09. The zero-order chi connectivity index (χ0) is 13.1. The molecule has 1 saturated carbocycles. The number of hydrogen-bond acceptors (Lipinski definition) is 2. The molecule has 3 nitrogen and oxygen atoms in total. The van der Waals surface area contributed by atoms with Crippen LogP contribution in [0.1, 0.15) is 30.4 Å². The van der Waals surface area contributed by atoms with E-state index in [4.69, 9.17) is 5.73 Å². The van der Waals surface area contributed by atoms with Gasteiger partial charge < -0.3 is 11.1 Å². The van der Waals surface area contributed by atoms with Crippen LogP contribution in [-0.4, -0.2) is 12.5 Å². The first kappa shape index (κ1) is 13.1. The number of amides is 1. The van der Waals surface area contributed by atoms with Crippen molar-refractivity contribution in [2.24, 2.45) is 17.6 Å². The van der Waals surface area contributed by atoms with Crippen LogP contribution in [0.4, 0.5) is 5.69 Å². The van der Waals surface area contributed by atoms with Gasteiger partial charge in [0.15, 0.2) is 0 Å². The number of nitrogens with one attached hydrogen (secondary N) is 1. The molecule has 1 fully saturated rings. The van der Waals surface area contributed by atoms with Gasteiger partial charge in [0, 0.05) is 11.6 Å². The van der Waals surface area contributed by atoms with Gasteiger partial charge in [0.1, 0.15) is 0 Å². The molecule has 1 aliphatic rings. The monoisotopic (exact) mass is 246 g/mol. The summed E-state index contributed by atoms with van der Waals surface area (Å²) in [5, 5.41) is 3.05. The second kappa shape index (κ2) is 5.53. The third-order valence-corrected chi connectivity index (χ3v) is 3.94. The molecule has 98 valence electrons. The Morgan fingerprint density at radius 2 is 2.17 bits per heavy atom. The van der Waals surface area contributed by atoms with E-state index >= 15 is 0 Å². The lowest BCUT2D eigenvalue weighted by Crippen LogP contribution is -2.29. The van der Waals surface area contributed by atoms with Crippen molar-refractivity contribution in [2.75, 3.05) is 11.9 Å². The maximum Gasteiger partial charge on any atom is 0.227 e. The minimum absolute atomic E-state index is 0.0932. The third-order valence-electron chi connectivity index (χ3n) is 3.94. The summed E-state index contributed by atoms with van der Waals surface area (Å²) >= 11 is 0. The molecular formula is C15H22N2O. The van der Waals surface area contributed by atoms with Crippen LogP contribution in [0.25, 0.3) is 0 Å². The number of carbonyl (C=O) groups is 1. The van der Waals surface area contributed by atoms with Crippen molar-refractivity contribution in [1.82, 2.24) is 0 Å². The zero-order valence-corrected chi connectivity index (χ0v) is 11.2. The molecule has 1 amide bonds. The van der Waals surface area contributed by atoms with Crippen LogP contribution in [0, 0.1) is 25.7 Å². The fraction of sp³-hybridized carbons (Fsp3) is 0.533. The zero-order valence-electron chi connectivity index (χ0n) is 11.2. The van der Waals surface area contributed by atoms with Crippen LogP contribution in [0.5, 0.6) is 0 Å². The lowest BCUT2D eigenvalue weighted by atomic mass is 9.95. The number of rotatable bonds is 3. The van der Waals surface area contributed by atoms with E-state index in [0.29, 0.717) is 12.5 Å². The summed E-state index contributed by atoms with van der Waals surface area (Å²) < 4.78 is 0. The van der Waals surface area contributed by atoms with Gasteiger partial charge in [0.25, 0.3) is 0 Å². The Hall–Kier alpha value is -1.35. The van der Waals surface area contributed by atoms with Gasteiger partial charge in [0.05, 0.1) is 0 Å². The van der Waals surface area contributed by atoms with Crippen molar-refractivity contribution in [1.29, 1.82) is 0 Å². The van der Waals surface area contributed by atoms with E-state index in [2.05, 4.69) is 18.3 Å². The summed E-state index contributed by atoms with van der Waals surface area (Å²) in [4.78, 5) is 12.3. The molecule has 0 saturated heterocycles. The third kappa shape index (κ3) is 2.72. The standard InChI is InChI=1S/C15H22N2O/c1-10-6-7-14(11(2)8-10)17-15(18)13-5-3-4-12(13)9-16/h6-8,12-13H,3-5,9,16H2,1-2H3,(H,17,18)/t12-,13-/m1/s1. The van der Waals surface area contributed by atoms with Gasteiger partial charge in [-0.2, -0.15) is 0 Å². The SMILES string of the molecule is Cc1ccc(NC(=O)[C@@H]2CCC[C@@H]2CN)c(C)c1. The van der Waals surface area contributed by atoms with Gasteiger partial charge >= 0.3 is 0 Å². The van der Waals surface area contributed by atoms with Crippen molar-refractivity contribution in [3.63, 3.8) is 0 Å². The largest absolute Gasteiger partial charge is 0.330 e. The maximum atomic E-state index is 12.3. The molecule has 0 bridgehead atoms. The Balaban J connectivity index is 2.07. The van der Waals surface area contributed by atoms with Crippen molar-refractivity contribution < 1.29 is 4.79 Å². The van der Waals surface area contributed by atoms with Crippen LogP contribution in [-0.2, 0) is 4.79 Å². The van der Waals surface area contributed by atoms with Crippen molar-refractivity contribution in [2.45, 2.75) is 33.1 Å². The fourth-order valence-electron chi connectivity index (χ4n) is 2.84. The molecule has 3 heteroatoms. The topological polar surface area (TPSA) is 55.1 Å². The Kier molecular flexibility index (Phi) is 4.02. The van der Waals surface area contributed by atoms with Gasteiger partial charge in [-0.05, 0) is 50.8 Å². The average Bonchev–Trinajstić information content (AvgIpc) is 2.81. The van der Waals surface area contributed by atoms with Crippen molar-refractivity contribution in [3.05, 3.63) is 29.3 Å². The minimum atomic E-state index is 0.0932. The highest BCUT2D eigenvalue weighted by atomic mass is 16.1. The quantitative estimate of drug-likeness (QED) is 0.861. The summed E-state index contributed by atoms with van der Waals surface area (Å²) in [5.74, 6) is 0.585. The van der Waals surface area contributed by atoms with E-state index in [1.54, 1.807) is 0 Å². The first-order valence-corrected chi connectivity index (χ1v) is 6.70. The molecule has 0 spiro atoms. The van der Waals surface area contributed by atoms with Crippen LogP contribution >= 0.6 is 0 Å². The van der Waals surface area contributed by atoms with Gasteiger partial charge in [-0.1, -0.05) is 24.1 Å². The lowest BCUT2D eigenvalue weighted by Gasteiger charge is -2.18. The molecule has 2 atom stereocenters. The lowest BCUT2D eigenvalue weighted by molar-refractivity contribution is -0.120. The van der Waals surface area contributed by atoms with Gasteiger partial charge in [-0.25, -0.2) is 0 Å². The molecule has 3 N–H and O–H groups in total. The van der Waals surface area contributed by atoms with Crippen LogP contribution in [0.15, 0.2) is 18.2 Å². The minimum Gasteiger partial charge on any atom is -0.330 e. The highest BCUT2D eigenvalue weighted by Gasteiger charge is 2.31. The second-order valence-corrected chi connectivity index (χ2v) is 5.34. The normalized spacial score (nSPS) is 23.1. The van der Waals surface area contributed by atoms with Gasteiger partial charge in [-0.15, -0.1) is 0 Å². The summed E-state index contributed by atoms with van der Waals surface area (Å²) in [7, 11) is 0. The molecule has 0 aliphatic heterocycles. The smallest absolute Gasteiger partial charge is 0.227 e. The van der Waals surface area contributed by atoms with E-state index in [9.17, 15) is 4.79 Å². The first-order valence-electron chi connectivity index (χ1n) is 6.70. The number of nitrogens with two attached hydrogens (primary N) is 1. The molecule has 0 radical (unpaired) electrons. The van der Waals surface area contributed by atoms with E-state index in [0.717, 1.165) is 30.5 Å². The number of aryl methyl sites for hydroxylation is 2. The number of carbonyl (C=O) groups excluding carboxylic acids is 1. The second-order valence-electron chi connectivity index (χ2n) is 5.34. The molecule has 0 heterocycles. The molecule has 1 aromatic carbocycles. The number of hydrogen-bond donors (Lipinski definition) is 2.